The quantitative estimate of drug-likeness (QED) is 0.828. The van der Waals surface area contributed by atoms with Crippen LogP contribution in [0.2, 0.25) is 0 Å². The van der Waals surface area contributed by atoms with Gasteiger partial charge >= 0.3 is 12.3 Å². The molecule has 1 unspecified atom stereocenters. The Morgan fingerprint density at radius 3 is 2.79 bits per heavy atom. The maximum atomic E-state index is 12.9. The molecule has 0 saturated carbocycles. The molecule has 1 aliphatic carbocycles. The highest BCUT2D eigenvalue weighted by molar-refractivity contribution is 5.38. The van der Waals surface area contributed by atoms with Crippen molar-refractivity contribution in [1.82, 2.24) is 5.32 Å². The third-order valence-corrected chi connectivity index (χ3v) is 3.35. The van der Waals surface area contributed by atoms with Crippen molar-refractivity contribution in [3.05, 3.63) is 29.3 Å². The number of hydrogen-bond acceptors (Lipinski definition) is 2. The summed E-state index contributed by atoms with van der Waals surface area (Å²) in [5, 5.41) is 11.9. The lowest BCUT2D eigenvalue weighted by Crippen LogP contribution is -2.41. The maximum absolute atomic E-state index is 12.9. The number of rotatable bonds is 4. The number of alkyl halides is 4. The fourth-order valence-corrected chi connectivity index (χ4v) is 2.33. The van der Waals surface area contributed by atoms with Crippen LogP contribution in [0.25, 0.3) is 0 Å². The second kappa shape index (κ2) is 5.36. The van der Waals surface area contributed by atoms with Gasteiger partial charge in [-0.25, -0.2) is 8.78 Å². The Morgan fingerprint density at radius 2 is 2.11 bits per heavy atom. The lowest BCUT2D eigenvalue weighted by Gasteiger charge is -2.28. The molecule has 0 radical (unpaired) electrons. The van der Waals surface area contributed by atoms with E-state index in [4.69, 9.17) is 0 Å². The molecule has 0 saturated heterocycles. The predicted octanol–water partition coefficient (Wildman–Crippen LogP) is 3.26. The van der Waals surface area contributed by atoms with Crippen LogP contribution in [0.1, 0.15) is 30.0 Å². The summed E-state index contributed by atoms with van der Waals surface area (Å²) in [5.41, 5.74) is 1.68. The van der Waals surface area contributed by atoms with Crippen molar-refractivity contribution in [2.75, 3.05) is 6.54 Å². The van der Waals surface area contributed by atoms with Crippen LogP contribution in [-0.2, 0) is 6.42 Å². The number of aromatic hydroxyl groups is 1. The Morgan fingerprint density at radius 1 is 1.37 bits per heavy atom. The molecule has 1 atom stereocenters. The van der Waals surface area contributed by atoms with Gasteiger partial charge in [0.05, 0.1) is 6.54 Å². The molecule has 0 spiro atoms. The van der Waals surface area contributed by atoms with Crippen molar-refractivity contribution in [3.63, 3.8) is 0 Å². The average Bonchev–Trinajstić information content (AvgIpc) is 2.36. The predicted molar refractivity (Wildman–Crippen MR) is 62.7 cm³/mol. The molecule has 1 aliphatic rings. The van der Waals surface area contributed by atoms with Crippen molar-refractivity contribution < 1.29 is 22.7 Å². The number of phenols is 1. The van der Waals surface area contributed by atoms with E-state index < -0.39 is 24.9 Å². The molecular weight excluding hydrogens is 262 g/mol. The van der Waals surface area contributed by atoms with E-state index in [1.54, 1.807) is 6.07 Å². The van der Waals surface area contributed by atoms with Crippen LogP contribution < -0.4 is 5.32 Å². The van der Waals surface area contributed by atoms with Crippen LogP contribution in [0, 0.1) is 0 Å². The van der Waals surface area contributed by atoms with E-state index in [0.29, 0.717) is 6.42 Å². The Balaban J connectivity index is 2.09. The Hall–Kier alpha value is -1.30. The van der Waals surface area contributed by atoms with Crippen LogP contribution in [0.3, 0.4) is 0 Å². The van der Waals surface area contributed by atoms with Gasteiger partial charge in [0.25, 0.3) is 0 Å². The molecular formula is C13H15F4NO. The van der Waals surface area contributed by atoms with Gasteiger partial charge in [0, 0.05) is 6.04 Å². The number of halogens is 4. The van der Waals surface area contributed by atoms with E-state index >= 15 is 0 Å². The number of nitrogens with one attached hydrogen (secondary N) is 1. The highest BCUT2D eigenvalue weighted by Crippen LogP contribution is 2.33. The van der Waals surface area contributed by atoms with E-state index in [9.17, 15) is 22.7 Å². The maximum Gasteiger partial charge on any atom is 0.319 e. The van der Waals surface area contributed by atoms with Gasteiger partial charge in [-0.05, 0) is 42.5 Å². The third kappa shape index (κ3) is 3.18. The number of fused-ring (bicyclic) bond motifs is 1. The van der Waals surface area contributed by atoms with Crippen LogP contribution >= 0.6 is 0 Å². The third-order valence-electron chi connectivity index (χ3n) is 3.35. The van der Waals surface area contributed by atoms with Gasteiger partial charge < -0.3 is 10.4 Å². The highest BCUT2D eigenvalue weighted by Gasteiger charge is 2.41. The van der Waals surface area contributed by atoms with Crippen LogP contribution in [0.15, 0.2) is 18.2 Å². The largest absolute Gasteiger partial charge is 0.508 e. The number of benzene rings is 1. The van der Waals surface area contributed by atoms with Crippen LogP contribution in [0.4, 0.5) is 17.6 Å². The zero-order valence-electron chi connectivity index (χ0n) is 10.2. The van der Waals surface area contributed by atoms with E-state index in [1.165, 1.54) is 12.1 Å². The first-order valence-electron chi connectivity index (χ1n) is 6.11. The second-order valence-electron chi connectivity index (χ2n) is 4.77. The summed E-state index contributed by atoms with van der Waals surface area (Å²) in [6.07, 6.45) is -1.47. The van der Waals surface area contributed by atoms with Crippen LogP contribution in [-0.4, -0.2) is 24.0 Å². The van der Waals surface area contributed by atoms with Crippen molar-refractivity contribution in [2.24, 2.45) is 0 Å². The summed E-state index contributed by atoms with van der Waals surface area (Å²) in [6, 6.07) is 4.37. The molecule has 2 N–H and O–H groups in total. The molecule has 2 nitrogen and oxygen atoms in total. The highest BCUT2D eigenvalue weighted by atomic mass is 19.3. The molecule has 2 rings (SSSR count). The van der Waals surface area contributed by atoms with E-state index in [1.807, 2.05) is 0 Å². The monoisotopic (exact) mass is 277 g/mol. The summed E-state index contributed by atoms with van der Waals surface area (Å²) >= 11 is 0. The molecule has 0 aromatic heterocycles. The van der Waals surface area contributed by atoms with Gasteiger partial charge in [-0.2, -0.15) is 8.78 Å². The lowest BCUT2D eigenvalue weighted by molar-refractivity contribution is -0.126. The molecule has 1 aromatic carbocycles. The van der Waals surface area contributed by atoms with Gasteiger partial charge in [-0.15, -0.1) is 0 Å². The number of hydrogen-bond donors (Lipinski definition) is 2. The van der Waals surface area contributed by atoms with E-state index in [-0.39, 0.29) is 5.75 Å². The van der Waals surface area contributed by atoms with Crippen molar-refractivity contribution in [3.8, 4) is 5.75 Å². The number of aryl methyl sites for hydroxylation is 1. The number of phenolic OH excluding ortho intramolecular Hbond substituents is 1. The van der Waals surface area contributed by atoms with Gasteiger partial charge in [0.1, 0.15) is 5.75 Å². The SMILES string of the molecule is Oc1ccc2c(c1)C(NCC(F)(F)C(F)F)CCC2. The minimum Gasteiger partial charge on any atom is -0.508 e. The Bertz CT molecular complexity index is 450. The van der Waals surface area contributed by atoms with Gasteiger partial charge in [-0.1, -0.05) is 6.07 Å². The molecule has 0 bridgehead atoms. The topological polar surface area (TPSA) is 32.3 Å². The first-order chi connectivity index (χ1) is 8.90. The minimum atomic E-state index is -4.03. The fraction of sp³-hybridized carbons (Fsp3) is 0.538. The smallest absolute Gasteiger partial charge is 0.319 e. The summed E-state index contributed by atoms with van der Waals surface area (Å²) in [4.78, 5) is 0. The molecule has 0 amide bonds. The second-order valence-corrected chi connectivity index (χ2v) is 4.77. The fourth-order valence-electron chi connectivity index (χ4n) is 2.33. The Kier molecular flexibility index (Phi) is 3.99. The molecule has 0 fully saturated rings. The van der Waals surface area contributed by atoms with Gasteiger partial charge in [0.2, 0.25) is 0 Å². The van der Waals surface area contributed by atoms with Crippen molar-refractivity contribution in [2.45, 2.75) is 37.7 Å². The first kappa shape index (κ1) is 14.1. The summed E-state index contributed by atoms with van der Waals surface area (Å²) in [5.74, 6) is -3.98. The van der Waals surface area contributed by atoms with Gasteiger partial charge in [0.15, 0.2) is 0 Å². The summed E-state index contributed by atoms with van der Waals surface area (Å²) in [6.45, 7) is -1.07. The molecule has 106 valence electrons. The molecule has 0 aliphatic heterocycles. The first-order valence-corrected chi connectivity index (χ1v) is 6.11. The summed E-state index contributed by atoms with van der Waals surface area (Å²) < 4.78 is 50.0. The average molecular weight is 277 g/mol. The molecule has 0 heterocycles. The van der Waals surface area contributed by atoms with Crippen molar-refractivity contribution in [1.29, 1.82) is 0 Å². The lowest BCUT2D eigenvalue weighted by atomic mass is 9.87. The Labute approximate surface area is 108 Å². The summed E-state index contributed by atoms with van der Waals surface area (Å²) in [7, 11) is 0. The van der Waals surface area contributed by atoms with E-state index in [2.05, 4.69) is 5.32 Å². The zero-order chi connectivity index (χ0) is 14.0. The normalized spacial score (nSPS) is 19.5. The van der Waals surface area contributed by atoms with Crippen molar-refractivity contribution >= 4 is 0 Å². The molecule has 19 heavy (non-hydrogen) atoms. The molecule has 1 aromatic rings. The van der Waals surface area contributed by atoms with Crippen LogP contribution in [0.5, 0.6) is 5.75 Å². The van der Waals surface area contributed by atoms with E-state index in [0.717, 1.165) is 24.0 Å². The zero-order valence-corrected chi connectivity index (χ0v) is 10.2. The van der Waals surface area contributed by atoms with Gasteiger partial charge in [-0.3, -0.25) is 0 Å². The molecule has 6 heteroatoms. The standard InChI is InChI=1S/C13H15F4NO/c14-12(15)13(16,17)7-18-11-3-1-2-8-4-5-9(19)6-10(8)11/h4-6,11-12,18-19H,1-3,7H2. The minimum absolute atomic E-state index is 0.0491.